The molecule has 2 heteroatoms. The van der Waals surface area contributed by atoms with Crippen LogP contribution in [0.15, 0.2) is 0 Å². The zero-order valence-corrected chi connectivity index (χ0v) is 12.1. The summed E-state index contributed by atoms with van der Waals surface area (Å²) in [4.78, 5) is 2.81. The van der Waals surface area contributed by atoms with Gasteiger partial charge in [0.1, 0.15) is 0 Å². The van der Waals surface area contributed by atoms with Gasteiger partial charge in [0, 0.05) is 30.7 Å². The van der Waals surface area contributed by atoms with E-state index in [9.17, 15) is 0 Å². The fraction of sp³-hybridized carbons (Fsp3) is 1.00. The molecule has 0 amide bonds. The van der Waals surface area contributed by atoms with E-state index in [0.717, 1.165) is 5.92 Å². The van der Waals surface area contributed by atoms with Crippen molar-refractivity contribution in [3.63, 3.8) is 0 Å². The van der Waals surface area contributed by atoms with Gasteiger partial charge in [-0.15, -0.1) is 0 Å². The summed E-state index contributed by atoms with van der Waals surface area (Å²) < 4.78 is 0. The van der Waals surface area contributed by atoms with Crippen LogP contribution >= 0.6 is 0 Å². The van der Waals surface area contributed by atoms with Crippen molar-refractivity contribution in [1.82, 2.24) is 10.2 Å². The van der Waals surface area contributed by atoms with E-state index < -0.39 is 0 Å². The monoisotopic (exact) mass is 238 g/mol. The Morgan fingerprint density at radius 1 is 1.29 bits per heavy atom. The Balaban J connectivity index is 1.99. The number of rotatable bonds is 3. The maximum absolute atomic E-state index is 3.73. The predicted molar refractivity (Wildman–Crippen MR) is 74.3 cm³/mol. The first-order valence-electron chi connectivity index (χ1n) is 7.51. The lowest BCUT2D eigenvalue weighted by molar-refractivity contribution is 0.0274. The van der Waals surface area contributed by atoms with Crippen LogP contribution in [0, 0.1) is 5.92 Å². The van der Waals surface area contributed by atoms with Crippen molar-refractivity contribution in [2.45, 2.75) is 77.4 Å². The Bertz CT molecular complexity index is 243. The maximum atomic E-state index is 3.73. The Labute approximate surface area is 107 Å². The molecule has 1 aliphatic carbocycles. The molecule has 2 rings (SSSR count). The van der Waals surface area contributed by atoms with Crippen LogP contribution in [0.4, 0.5) is 0 Å². The third-order valence-corrected chi connectivity index (χ3v) is 4.78. The minimum atomic E-state index is 0.497. The average Bonchev–Trinajstić information content (AvgIpc) is 2.68. The van der Waals surface area contributed by atoms with Gasteiger partial charge in [0.25, 0.3) is 0 Å². The quantitative estimate of drug-likeness (QED) is 0.813. The fourth-order valence-corrected chi connectivity index (χ4v) is 3.83. The van der Waals surface area contributed by atoms with E-state index in [1.807, 2.05) is 0 Å². The zero-order chi connectivity index (χ0) is 12.5. The van der Waals surface area contributed by atoms with Crippen LogP contribution < -0.4 is 5.32 Å². The van der Waals surface area contributed by atoms with E-state index in [0.29, 0.717) is 17.6 Å². The second-order valence-corrected chi connectivity index (χ2v) is 6.94. The van der Waals surface area contributed by atoms with E-state index in [2.05, 4.69) is 37.9 Å². The van der Waals surface area contributed by atoms with E-state index in [4.69, 9.17) is 0 Å². The highest BCUT2D eigenvalue weighted by atomic mass is 15.3. The molecule has 1 N–H and O–H groups in total. The highest BCUT2D eigenvalue weighted by Gasteiger charge is 2.40. The van der Waals surface area contributed by atoms with E-state index in [-0.39, 0.29) is 0 Å². The molecule has 2 nitrogen and oxygen atoms in total. The van der Waals surface area contributed by atoms with Crippen LogP contribution in [-0.4, -0.2) is 35.6 Å². The van der Waals surface area contributed by atoms with Gasteiger partial charge < -0.3 is 5.32 Å². The summed E-state index contributed by atoms with van der Waals surface area (Å²) in [6.45, 7) is 12.0. The number of nitrogens with one attached hydrogen (secondary N) is 1. The molecule has 0 spiro atoms. The minimum Gasteiger partial charge on any atom is -0.311 e. The highest BCUT2D eigenvalue weighted by molar-refractivity contribution is 4.97. The molecule has 0 bridgehead atoms. The zero-order valence-electron chi connectivity index (χ0n) is 12.1. The van der Waals surface area contributed by atoms with Crippen molar-refractivity contribution < 1.29 is 0 Å². The lowest BCUT2D eigenvalue weighted by atomic mass is 9.91. The third kappa shape index (κ3) is 3.03. The number of hydrogen-bond acceptors (Lipinski definition) is 2. The molecule has 100 valence electrons. The Morgan fingerprint density at radius 2 is 1.94 bits per heavy atom. The molecule has 2 aliphatic rings. The smallest absolute Gasteiger partial charge is 0.0198 e. The number of hydrogen-bond donors (Lipinski definition) is 1. The van der Waals surface area contributed by atoms with Crippen molar-refractivity contribution in [2.75, 3.05) is 13.1 Å². The van der Waals surface area contributed by atoms with Gasteiger partial charge >= 0.3 is 0 Å². The van der Waals surface area contributed by atoms with Gasteiger partial charge in [-0.2, -0.15) is 0 Å². The predicted octanol–water partition coefficient (Wildman–Crippen LogP) is 3.03. The molecular formula is C15H30N2. The molecule has 1 saturated heterocycles. The topological polar surface area (TPSA) is 15.3 Å². The standard InChI is InChI=1S/C15H30N2/c1-12(2)9-14-11-17(13(3)10-16-14)15(4)7-5-6-8-15/h12-14,16H,5-11H2,1-4H3. The first-order chi connectivity index (χ1) is 8.01. The molecular weight excluding hydrogens is 208 g/mol. The molecule has 2 unspecified atom stereocenters. The summed E-state index contributed by atoms with van der Waals surface area (Å²) >= 11 is 0. The summed E-state index contributed by atoms with van der Waals surface area (Å²) in [7, 11) is 0. The Morgan fingerprint density at radius 3 is 2.53 bits per heavy atom. The number of piperazine rings is 1. The summed E-state index contributed by atoms with van der Waals surface area (Å²) in [5, 5.41) is 3.73. The molecule has 0 radical (unpaired) electrons. The summed E-state index contributed by atoms with van der Waals surface area (Å²) in [5.74, 6) is 0.805. The van der Waals surface area contributed by atoms with Gasteiger partial charge in [-0.25, -0.2) is 0 Å². The van der Waals surface area contributed by atoms with E-state index in [1.54, 1.807) is 0 Å². The van der Waals surface area contributed by atoms with Crippen molar-refractivity contribution in [2.24, 2.45) is 5.92 Å². The minimum absolute atomic E-state index is 0.497. The molecule has 1 saturated carbocycles. The van der Waals surface area contributed by atoms with E-state index >= 15 is 0 Å². The number of nitrogens with zero attached hydrogens (tertiary/aromatic N) is 1. The van der Waals surface area contributed by atoms with Crippen LogP contribution in [0.2, 0.25) is 0 Å². The normalized spacial score (nSPS) is 34.4. The fourth-order valence-electron chi connectivity index (χ4n) is 3.83. The molecule has 0 aromatic rings. The average molecular weight is 238 g/mol. The summed E-state index contributed by atoms with van der Waals surface area (Å²) in [6.07, 6.45) is 7.00. The molecule has 2 atom stereocenters. The first kappa shape index (κ1) is 13.4. The molecule has 0 aromatic heterocycles. The molecule has 2 fully saturated rings. The lowest BCUT2D eigenvalue weighted by Gasteiger charge is -2.48. The van der Waals surface area contributed by atoms with Crippen LogP contribution in [0.3, 0.4) is 0 Å². The van der Waals surface area contributed by atoms with Crippen LogP contribution in [-0.2, 0) is 0 Å². The van der Waals surface area contributed by atoms with Crippen molar-refractivity contribution in [1.29, 1.82) is 0 Å². The Kier molecular flexibility index (Phi) is 4.14. The van der Waals surface area contributed by atoms with Gasteiger partial charge in [-0.3, -0.25) is 4.90 Å². The maximum Gasteiger partial charge on any atom is 0.0198 e. The van der Waals surface area contributed by atoms with E-state index in [1.165, 1.54) is 45.2 Å². The summed E-state index contributed by atoms with van der Waals surface area (Å²) in [5.41, 5.74) is 0.497. The second kappa shape index (κ2) is 5.27. The van der Waals surface area contributed by atoms with Crippen molar-refractivity contribution in [3.8, 4) is 0 Å². The summed E-state index contributed by atoms with van der Waals surface area (Å²) in [6, 6.07) is 1.42. The largest absolute Gasteiger partial charge is 0.311 e. The molecule has 0 aromatic carbocycles. The third-order valence-electron chi connectivity index (χ3n) is 4.78. The Hall–Kier alpha value is -0.0800. The van der Waals surface area contributed by atoms with Crippen molar-refractivity contribution in [3.05, 3.63) is 0 Å². The lowest BCUT2D eigenvalue weighted by Crippen LogP contribution is -2.62. The highest BCUT2D eigenvalue weighted by Crippen LogP contribution is 2.37. The molecule has 1 heterocycles. The van der Waals surface area contributed by atoms with Gasteiger partial charge in [0.15, 0.2) is 0 Å². The second-order valence-electron chi connectivity index (χ2n) is 6.94. The SMILES string of the molecule is CC(C)CC1CN(C2(C)CCCC2)C(C)CN1. The van der Waals surface area contributed by atoms with Gasteiger partial charge in [0.05, 0.1) is 0 Å². The molecule has 1 aliphatic heterocycles. The van der Waals surface area contributed by atoms with Crippen molar-refractivity contribution >= 4 is 0 Å². The molecule has 17 heavy (non-hydrogen) atoms. The van der Waals surface area contributed by atoms with Gasteiger partial charge in [-0.05, 0) is 39.0 Å². The van der Waals surface area contributed by atoms with Gasteiger partial charge in [-0.1, -0.05) is 26.7 Å². The first-order valence-corrected chi connectivity index (χ1v) is 7.51. The van der Waals surface area contributed by atoms with Gasteiger partial charge in [0.2, 0.25) is 0 Å². The van der Waals surface area contributed by atoms with Crippen LogP contribution in [0.5, 0.6) is 0 Å². The van der Waals surface area contributed by atoms with Crippen LogP contribution in [0.1, 0.15) is 59.8 Å². The van der Waals surface area contributed by atoms with Crippen LogP contribution in [0.25, 0.3) is 0 Å².